The van der Waals surface area contributed by atoms with Crippen molar-refractivity contribution in [3.05, 3.63) is 35.7 Å². The molecule has 2 heterocycles. The van der Waals surface area contributed by atoms with E-state index in [0.29, 0.717) is 6.42 Å². The average Bonchev–Trinajstić information content (AvgIpc) is 3.20. The number of nitrogens with zero attached hydrogens (tertiary/aromatic N) is 3. The van der Waals surface area contributed by atoms with Gasteiger partial charge in [-0.05, 0) is 18.6 Å². The number of hydrogen-bond acceptors (Lipinski definition) is 6. The van der Waals surface area contributed by atoms with Crippen molar-refractivity contribution >= 4 is 15.7 Å². The van der Waals surface area contributed by atoms with Gasteiger partial charge < -0.3 is 9.42 Å². The van der Waals surface area contributed by atoms with Crippen LogP contribution in [0, 0.1) is 0 Å². The largest absolute Gasteiger partial charge is 0.471 e. The van der Waals surface area contributed by atoms with E-state index < -0.39 is 27.9 Å². The molecule has 2 aromatic rings. The van der Waals surface area contributed by atoms with Crippen LogP contribution < -0.4 is 0 Å². The first-order valence-corrected chi connectivity index (χ1v) is 9.38. The summed E-state index contributed by atoms with van der Waals surface area (Å²) in [4.78, 5) is 17.1. The maximum atomic E-state index is 12.5. The topological polar surface area (TPSA) is 93.4 Å². The minimum absolute atomic E-state index is 0.0492. The molecule has 140 valence electrons. The molecule has 1 aliphatic heterocycles. The Kier molecular flexibility index (Phi) is 4.51. The molecule has 0 spiro atoms. The Bertz CT molecular complexity index is 922. The number of rotatable bonds is 3. The van der Waals surface area contributed by atoms with Crippen LogP contribution in [0.3, 0.4) is 0 Å². The van der Waals surface area contributed by atoms with Gasteiger partial charge in [0.15, 0.2) is 9.84 Å². The number of benzene rings is 1. The predicted octanol–water partition coefficient (Wildman–Crippen LogP) is 2.01. The summed E-state index contributed by atoms with van der Waals surface area (Å²) in [5.41, 5.74) is 0.534. The third kappa shape index (κ3) is 3.71. The van der Waals surface area contributed by atoms with E-state index >= 15 is 0 Å². The first-order valence-electron chi connectivity index (χ1n) is 7.56. The number of alkyl halides is 3. The number of sulfone groups is 1. The highest BCUT2D eigenvalue weighted by atomic mass is 32.2. The average molecular weight is 389 g/mol. The van der Waals surface area contributed by atoms with E-state index in [2.05, 4.69) is 14.7 Å². The van der Waals surface area contributed by atoms with Crippen molar-refractivity contribution < 1.29 is 30.9 Å². The molecule has 7 nitrogen and oxygen atoms in total. The molecule has 0 saturated carbocycles. The fourth-order valence-electron chi connectivity index (χ4n) is 2.67. The van der Waals surface area contributed by atoms with E-state index in [-0.39, 0.29) is 34.4 Å². The number of hydrogen-bond donors (Lipinski definition) is 0. The molecule has 1 fully saturated rings. The van der Waals surface area contributed by atoms with Gasteiger partial charge in [-0.3, -0.25) is 4.79 Å². The lowest BCUT2D eigenvalue weighted by Crippen LogP contribution is -2.37. The van der Waals surface area contributed by atoms with Crippen molar-refractivity contribution in [1.29, 1.82) is 0 Å². The highest BCUT2D eigenvalue weighted by Crippen LogP contribution is 2.29. The lowest BCUT2D eigenvalue weighted by molar-refractivity contribution is -0.159. The molecule has 1 amide bonds. The molecule has 11 heteroatoms. The molecule has 0 radical (unpaired) electrons. The number of amides is 1. The van der Waals surface area contributed by atoms with E-state index in [4.69, 9.17) is 0 Å². The summed E-state index contributed by atoms with van der Waals surface area (Å²) in [6, 6.07) is 5.25. The van der Waals surface area contributed by atoms with Gasteiger partial charge in [0, 0.05) is 24.2 Å². The van der Waals surface area contributed by atoms with Crippen molar-refractivity contribution in [3.8, 4) is 11.4 Å². The van der Waals surface area contributed by atoms with Crippen molar-refractivity contribution in [2.75, 3.05) is 18.6 Å². The molecule has 26 heavy (non-hydrogen) atoms. The van der Waals surface area contributed by atoms with Crippen LogP contribution in [0.5, 0.6) is 0 Å². The normalized spacial score (nSPS) is 19.5. The summed E-state index contributed by atoms with van der Waals surface area (Å²) >= 11 is 0. The number of halogens is 3. The molecule has 0 unspecified atom stereocenters. The molecule has 1 saturated heterocycles. The highest BCUT2D eigenvalue weighted by molar-refractivity contribution is 7.91. The Morgan fingerprint density at radius 1 is 1.27 bits per heavy atom. The molecule has 3 rings (SSSR count). The van der Waals surface area contributed by atoms with Crippen LogP contribution in [-0.4, -0.2) is 54.0 Å². The minimum atomic E-state index is -4.73. The van der Waals surface area contributed by atoms with Gasteiger partial charge in [0.25, 0.3) is 5.91 Å². The van der Waals surface area contributed by atoms with E-state index in [0.717, 1.165) is 0 Å². The zero-order valence-electron chi connectivity index (χ0n) is 13.5. The Morgan fingerprint density at radius 3 is 2.42 bits per heavy atom. The molecule has 0 bridgehead atoms. The van der Waals surface area contributed by atoms with Crippen LogP contribution in [0.4, 0.5) is 13.2 Å². The second kappa shape index (κ2) is 6.38. The minimum Gasteiger partial charge on any atom is -0.338 e. The Labute approximate surface area is 146 Å². The van der Waals surface area contributed by atoms with Gasteiger partial charge in [0.2, 0.25) is 5.82 Å². The third-order valence-electron chi connectivity index (χ3n) is 4.14. The van der Waals surface area contributed by atoms with Crippen LogP contribution in [-0.2, 0) is 16.0 Å². The van der Waals surface area contributed by atoms with Crippen molar-refractivity contribution in [3.63, 3.8) is 0 Å². The van der Waals surface area contributed by atoms with Crippen molar-refractivity contribution in [2.24, 2.45) is 0 Å². The number of carbonyl (C=O) groups is 1. The van der Waals surface area contributed by atoms with Gasteiger partial charge in [-0.25, -0.2) is 8.42 Å². The molecule has 0 N–H and O–H groups in total. The lowest BCUT2D eigenvalue weighted by Gasteiger charge is -2.23. The van der Waals surface area contributed by atoms with Gasteiger partial charge >= 0.3 is 12.1 Å². The van der Waals surface area contributed by atoms with E-state index in [1.165, 1.54) is 36.2 Å². The van der Waals surface area contributed by atoms with Gasteiger partial charge in [0.1, 0.15) is 0 Å². The molecule has 1 aromatic heterocycles. The molecule has 1 aliphatic rings. The highest BCUT2D eigenvalue weighted by Gasteiger charge is 2.38. The molecular weight excluding hydrogens is 375 g/mol. The standard InChI is InChI=1S/C15H14F3N3O4S/c1-21(11-6-7-26(23,24)8-11)13(22)10-4-2-9(3-5-10)12-19-14(25-20-12)15(16,17)18/h2-5,11H,6-8H2,1H3/t11-/m1/s1. The Morgan fingerprint density at radius 2 is 1.92 bits per heavy atom. The molecular formula is C15H14F3N3O4S. The first-order chi connectivity index (χ1) is 12.1. The zero-order valence-corrected chi connectivity index (χ0v) is 14.3. The van der Waals surface area contributed by atoms with Crippen LogP contribution in [0.1, 0.15) is 22.7 Å². The first kappa shape index (κ1) is 18.4. The van der Waals surface area contributed by atoms with Gasteiger partial charge in [-0.2, -0.15) is 18.2 Å². The monoisotopic (exact) mass is 389 g/mol. The second-order valence-corrected chi connectivity index (χ2v) is 8.20. The van der Waals surface area contributed by atoms with E-state index in [1.54, 1.807) is 0 Å². The summed E-state index contributed by atoms with van der Waals surface area (Å²) < 4.78 is 64.7. The Balaban J connectivity index is 1.75. The zero-order chi connectivity index (χ0) is 19.1. The molecule has 1 atom stereocenters. The summed E-state index contributed by atoms with van der Waals surface area (Å²) in [5.74, 6) is -2.09. The van der Waals surface area contributed by atoms with Crippen LogP contribution in [0.15, 0.2) is 28.8 Å². The fourth-order valence-corrected chi connectivity index (χ4v) is 4.44. The maximum absolute atomic E-state index is 12.5. The predicted molar refractivity (Wildman–Crippen MR) is 83.9 cm³/mol. The number of carbonyl (C=O) groups excluding carboxylic acids is 1. The molecule has 1 aromatic carbocycles. The van der Waals surface area contributed by atoms with E-state index in [1.807, 2.05) is 0 Å². The quantitative estimate of drug-likeness (QED) is 0.797. The van der Waals surface area contributed by atoms with Crippen LogP contribution >= 0.6 is 0 Å². The fraction of sp³-hybridized carbons (Fsp3) is 0.400. The van der Waals surface area contributed by atoms with Crippen molar-refractivity contribution in [2.45, 2.75) is 18.6 Å². The van der Waals surface area contributed by atoms with Gasteiger partial charge in [-0.1, -0.05) is 17.3 Å². The lowest BCUT2D eigenvalue weighted by atomic mass is 10.1. The smallest absolute Gasteiger partial charge is 0.338 e. The van der Waals surface area contributed by atoms with Crippen LogP contribution in [0.2, 0.25) is 0 Å². The van der Waals surface area contributed by atoms with E-state index in [9.17, 15) is 26.4 Å². The van der Waals surface area contributed by atoms with Gasteiger partial charge in [0.05, 0.1) is 11.5 Å². The summed E-state index contributed by atoms with van der Waals surface area (Å²) in [7, 11) is -1.60. The number of aromatic nitrogens is 2. The SMILES string of the molecule is CN(C(=O)c1ccc(-c2noc(C(F)(F)F)n2)cc1)[C@@H]1CCS(=O)(=O)C1. The molecule has 0 aliphatic carbocycles. The summed E-state index contributed by atoms with van der Waals surface area (Å²) in [6.45, 7) is 0. The maximum Gasteiger partial charge on any atom is 0.471 e. The summed E-state index contributed by atoms with van der Waals surface area (Å²) in [6.07, 6.45) is -4.35. The summed E-state index contributed by atoms with van der Waals surface area (Å²) in [5, 5.41) is 3.27. The van der Waals surface area contributed by atoms with Gasteiger partial charge in [-0.15, -0.1) is 0 Å². The third-order valence-corrected chi connectivity index (χ3v) is 5.89. The van der Waals surface area contributed by atoms with Crippen LogP contribution in [0.25, 0.3) is 11.4 Å². The van der Waals surface area contributed by atoms with Crippen molar-refractivity contribution in [1.82, 2.24) is 15.0 Å². The second-order valence-electron chi connectivity index (χ2n) is 5.97. The Hall–Kier alpha value is -2.43.